The number of methoxy groups -OCH3 is 1. The number of nitrogens with zero attached hydrogens (tertiary/aromatic N) is 1. The monoisotopic (exact) mass is 372 g/mol. The average molecular weight is 373 g/mol. The summed E-state index contributed by atoms with van der Waals surface area (Å²) in [5.41, 5.74) is 3.05. The summed E-state index contributed by atoms with van der Waals surface area (Å²) in [5, 5.41) is 3.35. The van der Waals surface area contributed by atoms with Gasteiger partial charge in [0.2, 0.25) is 5.91 Å². The Morgan fingerprint density at radius 2 is 2.04 bits per heavy atom. The van der Waals surface area contributed by atoms with Crippen molar-refractivity contribution in [3.05, 3.63) is 52.5 Å². The van der Waals surface area contributed by atoms with Gasteiger partial charge in [0.1, 0.15) is 5.75 Å². The molecule has 0 saturated heterocycles. The molecule has 3 rings (SSSR count). The van der Waals surface area contributed by atoms with Crippen molar-refractivity contribution in [2.75, 3.05) is 23.9 Å². The summed E-state index contributed by atoms with van der Waals surface area (Å²) in [6, 6.07) is 10.6. The fraction of sp³-hybridized carbons (Fsp3) is 0.300. The number of fused-ring (bicyclic) bond motifs is 1. The van der Waals surface area contributed by atoms with Gasteiger partial charge in [-0.2, -0.15) is 0 Å². The van der Waals surface area contributed by atoms with Crippen LogP contribution in [0.4, 0.5) is 11.4 Å². The third-order valence-electron chi connectivity index (χ3n) is 4.39. The van der Waals surface area contributed by atoms with Crippen molar-refractivity contribution in [1.29, 1.82) is 0 Å². The van der Waals surface area contributed by atoms with Crippen molar-refractivity contribution < 1.29 is 14.3 Å². The molecule has 2 amide bonds. The Kier molecular flexibility index (Phi) is 5.47. The first-order chi connectivity index (χ1) is 12.5. The Bertz CT molecular complexity index is 851. The molecule has 2 aromatic carbocycles. The lowest BCUT2D eigenvalue weighted by atomic mass is 10.00. The SMILES string of the molecule is CCCN1C(=O)CCc2cc(NC(=O)c3cc(Cl)ccc3OC)ccc21. The van der Waals surface area contributed by atoms with E-state index in [1.54, 1.807) is 18.2 Å². The summed E-state index contributed by atoms with van der Waals surface area (Å²) < 4.78 is 5.24. The number of carbonyl (C=O) groups excluding carboxylic acids is 2. The van der Waals surface area contributed by atoms with Gasteiger partial charge in [-0.3, -0.25) is 9.59 Å². The van der Waals surface area contributed by atoms with E-state index in [2.05, 4.69) is 12.2 Å². The van der Waals surface area contributed by atoms with Gasteiger partial charge in [-0.15, -0.1) is 0 Å². The molecule has 26 heavy (non-hydrogen) atoms. The van der Waals surface area contributed by atoms with E-state index in [-0.39, 0.29) is 11.8 Å². The Labute approximate surface area is 157 Å². The van der Waals surface area contributed by atoms with Crippen molar-refractivity contribution in [3.8, 4) is 5.75 Å². The summed E-state index contributed by atoms with van der Waals surface area (Å²) >= 11 is 6.00. The molecule has 0 aromatic heterocycles. The summed E-state index contributed by atoms with van der Waals surface area (Å²) in [5.74, 6) is 0.325. The van der Waals surface area contributed by atoms with Crippen LogP contribution in [0.5, 0.6) is 5.75 Å². The van der Waals surface area contributed by atoms with E-state index < -0.39 is 0 Å². The highest BCUT2D eigenvalue weighted by molar-refractivity contribution is 6.31. The highest BCUT2D eigenvalue weighted by Crippen LogP contribution is 2.31. The number of hydrogen-bond acceptors (Lipinski definition) is 3. The Hall–Kier alpha value is -2.53. The molecule has 6 heteroatoms. The number of carbonyl (C=O) groups is 2. The summed E-state index contributed by atoms with van der Waals surface area (Å²) in [6.07, 6.45) is 2.07. The molecule has 2 aromatic rings. The minimum absolute atomic E-state index is 0.153. The van der Waals surface area contributed by atoms with Gasteiger partial charge in [-0.25, -0.2) is 0 Å². The standard InChI is InChI=1S/C20H21ClN2O3/c1-3-10-23-17-7-6-15(11-13(17)4-9-19(23)24)22-20(25)16-12-14(21)5-8-18(16)26-2/h5-8,11-12H,3-4,9-10H2,1-2H3,(H,22,25). The van der Waals surface area contributed by atoms with E-state index in [9.17, 15) is 9.59 Å². The molecule has 1 N–H and O–H groups in total. The molecular weight excluding hydrogens is 352 g/mol. The van der Waals surface area contributed by atoms with Crippen LogP contribution in [0.15, 0.2) is 36.4 Å². The van der Waals surface area contributed by atoms with Gasteiger partial charge in [0.25, 0.3) is 5.91 Å². The van der Waals surface area contributed by atoms with Crippen LogP contribution < -0.4 is 15.0 Å². The van der Waals surface area contributed by atoms with Crippen LogP contribution in [0.1, 0.15) is 35.7 Å². The molecule has 136 valence electrons. The molecule has 1 aliphatic rings. The maximum absolute atomic E-state index is 12.6. The van der Waals surface area contributed by atoms with E-state index in [1.807, 2.05) is 23.1 Å². The van der Waals surface area contributed by atoms with Crippen molar-refractivity contribution in [2.45, 2.75) is 26.2 Å². The second kappa shape index (κ2) is 7.79. The molecule has 0 saturated carbocycles. The highest BCUT2D eigenvalue weighted by Gasteiger charge is 2.24. The zero-order chi connectivity index (χ0) is 18.7. The topological polar surface area (TPSA) is 58.6 Å². The normalized spacial score (nSPS) is 13.3. The van der Waals surface area contributed by atoms with Crippen LogP contribution >= 0.6 is 11.6 Å². The van der Waals surface area contributed by atoms with E-state index in [0.717, 1.165) is 17.7 Å². The van der Waals surface area contributed by atoms with Crippen LogP contribution in [0.2, 0.25) is 5.02 Å². The van der Waals surface area contributed by atoms with E-state index >= 15 is 0 Å². The fourth-order valence-corrected chi connectivity index (χ4v) is 3.33. The molecule has 0 atom stereocenters. The van der Waals surface area contributed by atoms with E-state index in [0.29, 0.717) is 41.4 Å². The zero-order valence-corrected chi connectivity index (χ0v) is 15.6. The molecule has 0 bridgehead atoms. The Balaban J connectivity index is 1.85. The second-order valence-electron chi connectivity index (χ2n) is 6.19. The minimum atomic E-state index is -0.290. The number of aryl methyl sites for hydroxylation is 1. The molecular formula is C20H21ClN2O3. The van der Waals surface area contributed by atoms with Crippen LogP contribution in [0.3, 0.4) is 0 Å². The van der Waals surface area contributed by atoms with Crippen LogP contribution in [0, 0.1) is 0 Å². The summed E-state index contributed by atoms with van der Waals surface area (Å²) in [6.45, 7) is 2.76. The third kappa shape index (κ3) is 3.68. The average Bonchev–Trinajstić information content (AvgIpc) is 2.64. The number of hydrogen-bond donors (Lipinski definition) is 1. The van der Waals surface area contributed by atoms with Crippen LogP contribution in [-0.2, 0) is 11.2 Å². The largest absolute Gasteiger partial charge is 0.496 e. The number of rotatable bonds is 5. The molecule has 0 unspecified atom stereocenters. The lowest BCUT2D eigenvalue weighted by molar-refractivity contribution is -0.118. The van der Waals surface area contributed by atoms with Gasteiger partial charge in [0, 0.05) is 29.4 Å². The molecule has 1 aliphatic heterocycles. The molecule has 0 radical (unpaired) electrons. The fourth-order valence-electron chi connectivity index (χ4n) is 3.16. The first kappa shape index (κ1) is 18.3. The van der Waals surface area contributed by atoms with E-state index in [1.165, 1.54) is 7.11 Å². The molecule has 0 spiro atoms. The smallest absolute Gasteiger partial charge is 0.259 e. The molecule has 1 heterocycles. The van der Waals surface area contributed by atoms with Gasteiger partial charge in [-0.1, -0.05) is 18.5 Å². The number of amides is 2. The summed E-state index contributed by atoms with van der Waals surface area (Å²) in [4.78, 5) is 26.6. The van der Waals surface area contributed by atoms with Crippen molar-refractivity contribution in [1.82, 2.24) is 0 Å². The Morgan fingerprint density at radius 1 is 1.23 bits per heavy atom. The zero-order valence-electron chi connectivity index (χ0n) is 14.8. The predicted octanol–water partition coefficient (Wildman–Crippen LogP) is 4.29. The van der Waals surface area contributed by atoms with Gasteiger partial charge >= 0.3 is 0 Å². The highest BCUT2D eigenvalue weighted by atomic mass is 35.5. The lowest BCUT2D eigenvalue weighted by Crippen LogP contribution is -2.35. The van der Waals surface area contributed by atoms with Gasteiger partial charge in [-0.05, 0) is 54.8 Å². The Morgan fingerprint density at radius 3 is 2.77 bits per heavy atom. The maximum Gasteiger partial charge on any atom is 0.259 e. The maximum atomic E-state index is 12.6. The number of nitrogens with one attached hydrogen (secondary N) is 1. The van der Waals surface area contributed by atoms with Crippen LogP contribution in [-0.4, -0.2) is 25.5 Å². The number of ether oxygens (including phenoxy) is 1. The first-order valence-corrected chi connectivity index (χ1v) is 8.99. The minimum Gasteiger partial charge on any atom is -0.496 e. The van der Waals surface area contributed by atoms with Crippen molar-refractivity contribution in [2.24, 2.45) is 0 Å². The number of anilines is 2. The van der Waals surface area contributed by atoms with Crippen LogP contribution in [0.25, 0.3) is 0 Å². The molecule has 5 nitrogen and oxygen atoms in total. The summed E-state index contributed by atoms with van der Waals surface area (Å²) in [7, 11) is 1.51. The number of benzene rings is 2. The quantitative estimate of drug-likeness (QED) is 0.851. The van der Waals surface area contributed by atoms with Gasteiger partial charge < -0.3 is 15.0 Å². The second-order valence-corrected chi connectivity index (χ2v) is 6.62. The van der Waals surface area contributed by atoms with Gasteiger partial charge in [0.05, 0.1) is 12.7 Å². The molecule has 0 aliphatic carbocycles. The van der Waals surface area contributed by atoms with Crippen molar-refractivity contribution >= 4 is 34.8 Å². The lowest BCUT2D eigenvalue weighted by Gasteiger charge is -2.29. The van der Waals surface area contributed by atoms with E-state index in [4.69, 9.17) is 16.3 Å². The first-order valence-electron chi connectivity index (χ1n) is 8.61. The number of halogens is 1. The third-order valence-corrected chi connectivity index (χ3v) is 4.63. The predicted molar refractivity (Wildman–Crippen MR) is 103 cm³/mol. The van der Waals surface area contributed by atoms with Gasteiger partial charge in [0.15, 0.2) is 0 Å². The van der Waals surface area contributed by atoms with Crippen molar-refractivity contribution in [3.63, 3.8) is 0 Å². The molecule has 0 fully saturated rings.